The summed E-state index contributed by atoms with van der Waals surface area (Å²) in [5.74, 6) is 0.848. The third-order valence-corrected chi connectivity index (χ3v) is 2.87. The van der Waals surface area contributed by atoms with Crippen LogP contribution in [0.3, 0.4) is 0 Å². The van der Waals surface area contributed by atoms with Crippen LogP contribution in [0.2, 0.25) is 0 Å². The lowest BCUT2D eigenvalue weighted by molar-refractivity contribution is 0.665. The summed E-state index contributed by atoms with van der Waals surface area (Å²) in [4.78, 5) is 11.1. The van der Waals surface area contributed by atoms with Gasteiger partial charge in [-0.3, -0.25) is 0 Å². The first-order chi connectivity index (χ1) is 7.16. The van der Waals surface area contributed by atoms with Gasteiger partial charge in [0.05, 0.1) is 0 Å². The second kappa shape index (κ2) is 5.46. The second-order valence-corrected chi connectivity index (χ2v) is 4.21. The zero-order valence-corrected chi connectivity index (χ0v) is 10.8. The Kier molecular flexibility index (Phi) is 4.50. The number of hydrogen-bond acceptors (Lipinski definition) is 4. The maximum absolute atomic E-state index is 4.47. The van der Waals surface area contributed by atoms with Crippen LogP contribution >= 0.6 is 12.4 Å². The number of aromatic nitrogens is 2. The molecule has 4 nitrogen and oxygen atoms in total. The molecule has 1 atom stereocenters. The van der Waals surface area contributed by atoms with Crippen molar-refractivity contribution >= 4 is 18.4 Å². The van der Waals surface area contributed by atoms with Crippen LogP contribution in [0.25, 0.3) is 0 Å². The largest absolute Gasteiger partial charge is 0.340 e. The molecule has 0 unspecified atom stereocenters. The van der Waals surface area contributed by atoms with Gasteiger partial charge in [-0.2, -0.15) is 0 Å². The maximum atomic E-state index is 4.47. The van der Waals surface area contributed by atoms with Gasteiger partial charge in [-0.15, -0.1) is 12.4 Å². The predicted molar refractivity (Wildman–Crippen MR) is 68.4 cm³/mol. The summed E-state index contributed by atoms with van der Waals surface area (Å²) in [5.41, 5.74) is 2.07. The molecule has 0 bridgehead atoms. The molecule has 0 aliphatic carbocycles. The summed E-state index contributed by atoms with van der Waals surface area (Å²) in [6.07, 6.45) is 1.17. The fraction of sp³-hybridized carbons (Fsp3) is 0.636. The number of aryl methyl sites for hydroxylation is 2. The van der Waals surface area contributed by atoms with Crippen LogP contribution < -0.4 is 10.2 Å². The highest BCUT2D eigenvalue weighted by Crippen LogP contribution is 2.14. The van der Waals surface area contributed by atoms with Crippen molar-refractivity contribution in [2.45, 2.75) is 26.3 Å². The van der Waals surface area contributed by atoms with Crippen LogP contribution in [0, 0.1) is 13.8 Å². The fourth-order valence-corrected chi connectivity index (χ4v) is 2.00. The highest BCUT2D eigenvalue weighted by atomic mass is 35.5. The van der Waals surface area contributed by atoms with E-state index in [9.17, 15) is 0 Å². The van der Waals surface area contributed by atoms with Crippen molar-refractivity contribution in [2.24, 2.45) is 0 Å². The first-order valence-corrected chi connectivity index (χ1v) is 5.42. The first kappa shape index (κ1) is 13.2. The number of likely N-dealkylation sites (N-methyl/N-ethyl adjacent to an activating group) is 1. The summed E-state index contributed by atoms with van der Waals surface area (Å²) in [7, 11) is 2.08. The number of rotatable bonds is 2. The lowest BCUT2D eigenvalue weighted by Crippen LogP contribution is -2.34. The van der Waals surface area contributed by atoms with Crippen molar-refractivity contribution in [3.63, 3.8) is 0 Å². The SMILES string of the molecule is Cc1cc(C)nc(N(C)[C@@H]2CCNC2)n1.Cl. The van der Waals surface area contributed by atoms with E-state index in [1.54, 1.807) is 0 Å². The van der Waals surface area contributed by atoms with Gasteiger partial charge in [0.15, 0.2) is 0 Å². The summed E-state index contributed by atoms with van der Waals surface area (Å²) in [6.45, 7) is 6.16. The third kappa shape index (κ3) is 2.83. The maximum Gasteiger partial charge on any atom is 0.225 e. The van der Waals surface area contributed by atoms with E-state index in [1.165, 1.54) is 6.42 Å². The zero-order chi connectivity index (χ0) is 10.8. The highest BCUT2D eigenvalue weighted by molar-refractivity contribution is 5.85. The van der Waals surface area contributed by atoms with Gasteiger partial charge in [0.2, 0.25) is 5.95 Å². The molecule has 1 aliphatic heterocycles. The topological polar surface area (TPSA) is 41.1 Å². The van der Waals surface area contributed by atoms with Crippen molar-refractivity contribution in [1.82, 2.24) is 15.3 Å². The molecule has 1 aromatic rings. The standard InChI is InChI=1S/C11H18N4.ClH/c1-8-6-9(2)14-11(13-8)15(3)10-4-5-12-7-10;/h6,10,12H,4-5,7H2,1-3H3;1H/t10-;/m1./s1. The molecule has 2 heterocycles. The first-order valence-electron chi connectivity index (χ1n) is 5.42. The minimum Gasteiger partial charge on any atom is -0.340 e. The van der Waals surface area contributed by atoms with Crippen LogP contribution in [-0.2, 0) is 0 Å². The second-order valence-electron chi connectivity index (χ2n) is 4.21. The average Bonchev–Trinajstić information content (AvgIpc) is 2.67. The van der Waals surface area contributed by atoms with E-state index in [4.69, 9.17) is 0 Å². The Morgan fingerprint density at radius 3 is 2.44 bits per heavy atom. The highest BCUT2D eigenvalue weighted by Gasteiger charge is 2.21. The average molecular weight is 243 g/mol. The molecule has 1 N–H and O–H groups in total. The Balaban J connectivity index is 0.00000128. The number of nitrogens with zero attached hydrogens (tertiary/aromatic N) is 3. The molecule has 0 saturated carbocycles. The van der Waals surface area contributed by atoms with Gasteiger partial charge in [-0.1, -0.05) is 0 Å². The predicted octanol–water partition coefficient (Wildman–Crippen LogP) is 1.31. The van der Waals surface area contributed by atoms with Gasteiger partial charge < -0.3 is 10.2 Å². The minimum atomic E-state index is 0. The van der Waals surface area contributed by atoms with Crippen LogP contribution in [0.1, 0.15) is 17.8 Å². The smallest absolute Gasteiger partial charge is 0.225 e. The molecule has 90 valence electrons. The lowest BCUT2D eigenvalue weighted by atomic mass is 10.2. The number of nitrogens with one attached hydrogen (secondary N) is 1. The number of hydrogen-bond donors (Lipinski definition) is 1. The molecule has 0 radical (unpaired) electrons. The summed E-state index contributed by atoms with van der Waals surface area (Å²) in [5, 5.41) is 3.35. The molecule has 16 heavy (non-hydrogen) atoms. The Bertz CT molecular complexity index is 330. The van der Waals surface area contributed by atoms with Crippen molar-refractivity contribution in [3.8, 4) is 0 Å². The van der Waals surface area contributed by atoms with Crippen molar-refractivity contribution in [2.75, 3.05) is 25.0 Å². The van der Waals surface area contributed by atoms with Gasteiger partial charge in [-0.05, 0) is 32.9 Å². The van der Waals surface area contributed by atoms with Gasteiger partial charge in [0.25, 0.3) is 0 Å². The number of halogens is 1. The molecule has 1 fully saturated rings. The molecule has 1 aromatic heterocycles. The third-order valence-electron chi connectivity index (χ3n) is 2.87. The van der Waals surface area contributed by atoms with Gasteiger partial charge in [0.1, 0.15) is 0 Å². The quantitative estimate of drug-likeness (QED) is 0.849. The number of anilines is 1. The van der Waals surface area contributed by atoms with E-state index >= 15 is 0 Å². The van der Waals surface area contributed by atoms with E-state index in [-0.39, 0.29) is 12.4 Å². The zero-order valence-electron chi connectivity index (χ0n) is 10.0. The van der Waals surface area contributed by atoms with Crippen LogP contribution in [0.4, 0.5) is 5.95 Å². The summed E-state index contributed by atoms with van der Waals surface area (Å²) in [6, 6.07) is 2.54. The van der Waals surface area contributed by atoms with E-state index in [1.807, 2.05) is 19.9 Å². The van der Waals surface area contributed by atoms with Crippen molar-refractivity contribution in [1.29, 1.82) is 0 Å². The molecule has 1 saturated heterocycles. The molecular weight excluding hydrogens is 224 g/mol. The van der Waals surface area contributed by atoms with Crippen molar-refractivity contribution in [3.05, 3.63) is 17.5 Å². The van der Waals surface area contributed by atoms with Gasteiger partial charge in [0, 0.05) is 31.0 Å². The summed E-state index contributed by atoms with van der Waals surface area (Å²) >= 11 is 0. The van der Waals surface area contributed by atoms with Crippen molar-refractivity contribution < 1.29 is 0 Å². The lowest BCUT2D eigenvalue weighted by Gasteiger charge is -2.24. The van der Waals surface area contributed by atoms with E-state index in [0.717, 1.165) is 30.4 Å². The normalized spacial score (nSPS) is 19.3. The van der Waals surface area contributed by atoms with E-state index < -0.39 is 0 Å². The molecule has 2 rings (SSSR count). The molecule has 0 spiro atoms. The molecule has 1 aliphatic rings. The Hall–Kier alpha value is -0.870. The van der Waals surface area contributed by atoms with Crippen LogP contribution in [0.5, 0.6) is 0 Å². The van der Waals surface area contributed by atoms with Crippen LogP contribution in [-0.4, -0.2) is 36.1 Å². The van der Waals surface area contributed by atoms with Crippen LogP contribution in [0.15, 0.2) is 6.07 Å². The Labute approximate surface area is 103 Å². The monoisotopic (exact) mass is 242 g/mol. The molecule has 0 amide bonds. The minimum absolute atomic E-state index is 0. The van der Waals surface area contributed by atoms with Gasteiger partial charge in [-0.25, -0.2) is 9.97 Å². The van der Waals surface area contributed by atoms with E-state index in [0.29, 0.717) is 6.04 Å². The molecule has 5 heteroatoms. The molecule has 0 aromatic carbocycles. The summed E-state index contributed by atoms with van der Waals surface area (Å²) < 4.78 is 0. The van der Waals surface area contributed by atoms with E-state index in [2.05, 4.69) is 27.2 Å². The molecular formula is C11H19ClN4. The Morgan fingerprint density at radius 1 is 1.31 bits per heavy atom. The van der Waals surface area contributed by atoms with Gasteiger partial charge >= 0.3 is 0 Å². The fourth-order valence-electron chi connectivity index (χ4n) is 2.00. The Morgan fingerprint density at radius 2 is 1.94 bits per heavy atom.